The van der Waals surface area contributed by atoms with Crippen molar-refractivity contribution >= 4 is 29.2 Å². The highest BCUT2D eigenvalue weighted by molar-refractivity contribution is 7.84. The van der Waals surface area contributed by atoms with Gasteiger partial charge in [0.25, 0.3) is 0 Å². The Balaban J connectivity index is 2.39. The van der Waals surface area contributed by atoms with E-state index in [1.807, 2.05) is 27.7 Å². The second-order valence-corrected chi connectivity index (χ2v) is 7.07. The number of nitrogen functional groups attached to an aromatic ring is 1. The predicted molar refractivity (Wildman–Crippen MR) is 76.7 cm³/mol. The molecule has 19 heavy (non-hydrogen) atoms. The summed E-state index contributed by atoms with van der Waals surface area (Å²) < 4.78 is 23.4. The number of anilines is 1. The van der Waals surface area contributed by atoms with Gasteiger partial charge in [-0.25, -0.2) is 4.98 Å². The molecule has 2 N–H and O–H groups in total. The second kappa shape index (κ2) is 4.57. The Morgan fingerprint density at radius 1 is 1.26 bits per heavy atom. The Morgan fingerprint density at radius 2 is 1.79 bits per heavy atom. The van der Waals surface area contributed by atoms with E-state index in [0.29, 0.717) is 16.2 Å². The molecule has 5 nitrogen and oxygen atoms in total. The third kappa shape index (κ3) is 2.54. The maximum atomic E-state index is 11.5. The molecule has 1 fully saturated rings. The van der Waals surface area contributed by atoms with Crippen LogP contribution in [0.15, 0.2) is 17.2 Å². The first-order chi connectivity index (χ1) is 8.64. The average molecular weight is 282 g/mol. The number of hydrogen-bond acceptors (Lipinski definition) is 5. The zero-order chi connectivity index (χ0) is 14.4. The van der Waals surface area contributed by atoms with Gasteiger partial charge in [-0.15, -0.1) is 0 Å². The minimum absolute atomic E-state index is 0.340. The highest BCUT2D eigenvalue weighted by atomic mass is 32.2. The van der Waals surface area contributed by atoms with Crippen LogP contribution >= 0.6 is 0 Å². The third-order valence-electron chi connectivity index (χ3n) is 3.76. The van der Waals surface area contributed by atoms with Crippen molar-refractivity contribution < 1.29 is 13.5 Å². The number of hydrogen-bond donors (Lipinski definition) is 1. The summed E-state index contributed by atoms with van der Waals surface area (Å²) in [4.78, 5) is 4.68. The van der Waals surface area contributed by atoms with Crippen LogP contribution in [0.4, 0.5) is 5.82 Å². The highest BCUT2D eigenvalue weighted by Crippen LogP contribution is 2.36. The number of aromatic nitrogens is 1. The molecule has 0 aliphatic carbocycles. The van der Waals surface area contributed by atoms with Crippen molar-refractivity contribution in [1.82, 2.24) is 4.98 Å². The fourth-order valence-corrected chi connectivity index (χ4v) is 2.28. The molecule has 0 amide bonds. The van der Waals surface area contributed by atoms with Crippen LogP contribution in [0.1, 0.15) is 27.7 Å². The van der Waals surface area contributed by atoms with Gasteiger partial charge in [-0.2, -0.15) is 0 Å². The van der Waals surface area contributed by atoms with Gasteiger partial charge in [-0.3, -0.25) is 4.21 Å². The van der Waals surface area contributed by atoms with Crippen LogP contribution < -0.4 is 11.2 Å². The zero-order valence-corrected chi connectivity index (χ0v) is 12.7. The van der Waals surface area contributed by atoms with Crippen molar-refractivity contribution in [3.8, 4) is 0 Å². The van der Waals surface area contributed by atoms with E-state index in [1.165, 1.54) is 6.20 Å². The monoisotopic (exact) mass is 282 g/mol. The van der Waals surface area contributed by atoms with Crippen molar-refractivity contribution in [3.63, 3.8) is 0 Å². The molecule has 1 aromatic heterocycles. The summed E-state index contributed by atoms with van der Waals surface area (Å²) in [6, 6.07) is 1.74. The summed E-state index contributed by atoms with van der Waals surface area (Å²) in [5.41, 5.74) is 5.63. The summed E-state index contributed by atoms with van der Waals surface area (Å²) in [7, 11) is -1.70. The molecule has 1 saturated heterocycles. The first-order valence-corrected chi connectivity index (χ1v) is 7.64. The van der Waals surface area contributed by atoms with E-state index in [0.717, 1.165) is 0 Å². The Hall–Kier alpha value is -0.915. The summed E-state index contributed by atoms with van der Waals surface area (Å²) in [6.07, 6.45) is 3.11. The highest BCUT2D eigenvalue weighted by Gasteiger charge is 2.52. The lowest BCUT2D eigenvalue weighted by Crippen LogP contribution is -2.41. The molecule has 7 heteroatoms. The molecule has 1 aliphatic rings. The van der Waals surface area contributed by atoms with Crippen LogP contribution in [0.2, 0.25) is 0 Å². The molecule has 0 spiro atoms. The van der Waals surface area contributed by atoms with Gasteiger partial charge < -0.3 is 15.0 Å². The van der Waals surface area contributed by atoms with Crippen LogP contribution in [-0.2, 0) is 20.1 Å². The van der Waals surface area contributed by atoms with E-state index in [4.69, 9.17) is 15.0 Å². The second-order valence-electron chi connectivity index (χ2n) is 5.69. The van der Waals surface area contributed by atoms with Crippen LogP contribution in [0.3, 0.4) is 0 Å². The van der Waals surface area contributed by atoms with Gasteiger partial charge in [0, 0.05) is 17.9 Å². The number of nitrogens with zero attached hydrogens (tertiary/aromatic N) is 1. The molecular weight excluding hydrogens is 263 g/mol. The lowest BCUT2D eigenvalue weighted by molar-refractivity contribution is 0.00578. The molecule has 1 unspecified atom stereocenters. The molecule has 1 aliphatic heterocycles. The van der Waals surface area contributed by atoms with Crippen LogP contribution in [0.5, 0.6) is 0 Å². The SMILES string of the molecule is CS(=O)c1cnc(N)c(B2OC(C)(C)C(C)(C)O2)c1. The van der Waals surface area contributed by atoms with E-state index in [9.17, 15) is 4.21 Å². The Kier molecular flexibility index (Phi) is 3.49. The molecule has 0 radical (unpaired) electrons. The number of rotatable bonds is 2. The Morgan fingerprint density at radius 3 is 2.26 bits per heavy atom. The Labute approximate surface area is 116 Å². The van der Waals surface area contributed by atoms with E-state index in [-0.39, 0.29) is 0 Å². The smallest absolute Gasteiger partial charge is 0.399 e. The number of pyridine rings is 1. The van der Waals surface area contributed by atoms with Gasteiger partial charge in [0.15, 0.2) is 0 Å². The summed E-state index contributed by atoms with van der Waals surface area (Å²) in [5.74, 6) is 0.340. The molecule has 1 atom stereocenters. The molecule has 0 bridgehead atoms. The Bertz CT molecular complexity index is 518. The van der Waals surface area contributed by atoms with Gasteiger partial charge in [0.2, 0.25) is 0 Å². The quantitative estimate of drug-likeness (QED) is 0.808. The van der Waals surface area contributed by atoms with Crippen molar-refractivity contribution in [1.29, 1.82) is 0 Å². The molecule has 104 valence electrons. The largest absolute Gasteiger partial charge is 0.498 e. The fourth-order valence-electron chi connectivity index (χ4n) is 1.79. The maximum Gasteiger partial charge on any atom is 0.498 e. The standard InChI is InChI=1S/C12H19BN2O3S/c1-11(2)12(3,4)18-13(17-11)9-6-8(19(5)16)7-15-10(9)14/h6-7H,1-5H3,(H2,14,15). The molecular formula is C12H19BN2O3S. The molecule has 2 rings (SSSR count). The van der Waals surface area contributed by atoms with Gasteiger partial charge >= 0.3 is 7.12 Å². The topological polar surface area (TPSA) is 74.4 Å². The normalized spacial score (nSPS) is 22.5. The van der Waals surface area contributed by atoms with Crippen molar-refractivity contribution in [2.24, 2.45) is 0 Å². The van der Waals surface area contributed by atoms with E-state index in [1.54, 1.807) is 12.3 Å². The maximum absolute atomic E-state index is 11.5. The molecule has 0 aromatic carbocycles. The fraction of sp³-hybridized carbons (Fsp3) is 0.583. The van der Waals surface area contributed by atoms with E-state index < -0.39 is 29.1 Å². The van der Waals surface area contributed by atoms with E-state index in [2.05, 4.69) is 4.98 Å². The van der Waals surface area contributed by atoms with Crippen LogP contribution in [-0.4, -0.2) is 33.8 Å². The zero-order valence-electron chi connectivity index (χ0n) is 11.9. The van der Waals surface area contributed by atoms with Gasteiger partial charge in [-0.05, 0) is 33.8 Å². The lowest BCUT2D eigenvalue weighted by atomic mass is 9.79. The first-order valence-electron chi connectivity index (χ1n) is 6.08. The predicted octanol–water partition coefficient (Wildman–Crippen LogP) is 0.700. The van der Waals surface area contributed by atoms with Crippen LogP contribution in [0.25, 0.3) is 0 Å². The molecule has 2 heterocycles. The third-order valence-corrected chi connectivity index (χ3v) is 4.65. The minimum atomic E-state index is -1.12. The van der Waals surface area contributed by atoms with Gasteiger partial charge in [0.1, 0.15) is 5.82 Å². The molecule has 1 aromatic rings. The summed E-state index contributed by atoms with van der Waals surface area (Å²) >= 11 is 0. The first kappa shape index (κ1) is 14.5. The van der Waals surface area contributed by atoms with Gasteiger partial charge in [0.05, 0.1) is 26.9 Å². The van der Waals surface area contributed by atoms with Crippen LogP contribution in [0, 0.1) is 0 Å². The minimum Gasteiger partial charge on any atom is -0.399 e. The van der Waals surface area contributed by atoms with Crippen molar-refractivity contribution in [2.75, 3.05) is 12.0 Å². The summed E-state index contributed by atoms with van der Waals surface area (Å²) in [6.45, 7) is 7.88. The van der Waals surface area contributed by atoms with Crippen molar-refractivity contribution in [3.05, 3.63) is 12.3 Å². The molecule has 0 saturated carbocycles. The number of nitrogens with two attached hydrogens (primary N) is 1. The van der Waals surface area contributed by atoms with Gasteiger partial charge in [-0.1, -0.05) is 0 Å². The van der Waals surface area contributed by atoms with Crippen molar-refractivity contribution in [2.45, 2.75) is 43.8 Å². The average Bonchev–Trinajstić information content (AvgIpc) is 2.48. The lowest BCUT2D eigenvalue weighted by Gasteiger charge is -2.32. The summed E-state index contributed by atoms with van der Waals surface area (Å²) in [5, 5.41) is 0. The van der Waals surface area contributed by atoms with E-state index >= 15 is 0 Å².